The highest BCUT2D eigenvalue weighted by Crippen LogP contribution is 2.22. The van der Waals surface area contributed by atoms with Crippen molar-refractivity contribution in [3.8, 4) is 0 Å². The number of hydrogen-bond donors (Lipinski definition) is 4. The summed E-state index contributed by atoms with van der Waals surface area (Å²) in [5, 5.41) is 37.4. The van der Waals surface area contributed by atoms with Gasteiger partial charge in [0.1, 0.15) is 11.0 Å². The Morgan fingerprint density at radius 2 is 1.12 bits per heavy atom. The number of halogens is 2. The highest BCUT2D eigenvalue weighted by Gasteiger charge is 2.12. The summed E-state index contributed by atoms with van der Waals surface area (Å²) in [7, 11) is -2.89. The molecule has 10 nitrogen and oxygen atoms in total. The van der Waals surface area contributed by atoms with E-state index >= 15 is 0 Å². The van der Waals surface area contributed by atoms with Crippen LogP contribution < -0.4 is 10.9 Å². The predicted octanol–water partition coefficient (Wildman–Crippen LogP) is 1.63. The first kappa shape index (κ1) is 27.8. The Kier molecular flexibility index (Phi) is 8.46. The summed E-state index contributed by atoms with van der Waals surface area (Å²) in [6.45, 7) is 1.18. The van der Waals surface area contributed by atoms with Crippen LogP contribution in [0.3, 0.4) is 0 Å². The minimum atomic E-state index is -1.45. The van der Waals surface area contributed by atoms with Gasteiger partial charge in [0.15, 0.2) is 11.3 Å². The van der Waals surface area contributed by atoms with Crippen molar-refractivity contribution in [2.45, 2.75) is 13.1 Å². The predicted molar refractivity (Wildman–Crippen MR) is 156 cm³/mol. The summed E-state index contributed by atoms with van der Waals surface area (Å²) >= 11 is 12.2. The van der Waals surface area contributed by atoms with Crippen LogP contribution in [0.2, 0.25) is 10.0 Å². The van der Waals surface area contributed by atoms with Crippen LogP contribution >= 0.6 is 23.2 Å². The van der Waals surface area contributed by atoms with E-state index in [1.165, 1.54) is 0 Å². The van der Waals surface area contributed by atoms with E-state index in [0.29, 0.717) is 45.2 Å². The van der Waals surface area contributed by atoms with Gasteiger partial charge < -0.3 is 29.2 Å². The summed E-state index contributed by atoms with van der Waals surface area (Å²) in [6, 6.07) is 17.5. The molecule has 0 aliphatic carbocycles. The molecule has 0 radical (unpaired) electrons. The van der Waals surface area contributed by atoms with Gasteiger partial charge in [-0.1, -0.05) is 71.7 Å². The van der Waals surface area contributed by atoms with Crippen molar-refractivity contribution in [1.29, 1.82) is 0 Å². The topological polar surface area (TPSA) is 142 Å². The van der Waals surface area contributed by atoms with Crippen molar-refractivity contribution < 1.29 is 20.1 Å². The molecule has 0 saturated carbocycles. The van der Waals surface area contributed by atoms with Gasteiger partial charge in [-0.2, -0.15) is 0 Å². The highest BCUT2D eigenvalue weighted by atomic mass is 35.5. The van der Waals surface area contributed by atoms with E-state index in [1.54, 1.807) is 61.4 Å². The summed E-state index contributed by atoms with van der Waals surface area (Å²) in [5.74, 6) is 0. The zero-order valence-corrected chi connectivity index (χ0v) is 22.4. The van der Waals surface area contributed by atoms with Crippen molar-refractivity contribution in [2.24, 2.45) is 0 Å². The molecular formula is C26H22B2Cl2N6O4. The number of imidazole rings is 2. The normalized spacial score (nSPS) is 10.9. The van der Waals surface area contributed by atoms with Crippen LogP contribution in [0.4, 0.5) is 0 Å². The van der Waals surface area contributed by atoms with Gasteiger partial charge in [0, 0.05) is 18.9 Å². The van der Waals surface area contributed by atoms with Gasteiger partial charge in [-0.25, -0.2) is 19.9 Å². The molecule has 0 amide bonds. The van der Waals surface area contributed by atoms with Crippen LogP contribution in [-0.2, 0) is 13.1 Å². The lowest BCUT2D eigenvalue weighted by molar-refractivity contribution is 0.424. The molecule has 0 spiro atoms. The quantitative estimate of drug-likeness (QED) is 0.220. The van der Waals surface area contributed by atoms with Crippen molar-refractivity contribution in [3.05, 3.63) is 107 Å². The number of fused-ring (bicyclic) bond motifs is 2. The monoisotopic (exact) mass is 574 g/mol. The van der Waals surface area contributed by atoms with Gasteiger partial charge in [-0.15, -0.1) is 0 Å². The first-order valence-electron chi connectivity index (χ1n) is 12.1. The fourth-order valence-corrected chi connectivity index (χ4v) is 4.55. The number of benzene rings is 2. The SMILES string of the molecule is OB(O)c1ccc(Cn2cnc3c(Cl)ccnc32)cc1.OB(O)c1ccc(Cn2cnc3nccc(Cl)c32)cc1. The number of nitrogens with zero attached hydrogens (tertiary/aromatic N) is 6. The lowest BCUT2D eigenvalue weighted by Gasteiger charge is -2.06. The lowest BCUT2D eigenvalue weighted by Crippen LogP contribution is -2.29. The minimum Gasteiger partial charge on any atom is -0.423 e. The van der Waals surface area contributed by atoms with Crippen molar-refractivity contribution in [1.82, 2.24) is 29.1 Å². The van der Waals surface area contributed by atoms with E-state index in [2.05, 4.69) is 19.9 Å². The zero-order chi connectivity index (χ0) is 28.2. The molecular weight excluding hydrogens is 553 g/mol. The maximum absolute atomic E-state index is 9.06. The van der Waals surface area contributed by atoms with Gasteiger partial charge in [0.25, 0.3) is 0 Å². The fourth-order valence-electron chi connectivity index (χ4n) is 4.11. The number of aromatic nitrogens is 6. The first-order chi connectivity index (χ1) is 19.3. The second kappa shape index (κ2) is 12.2. The standard InChI is InChI=1S/2C13H11BClN3O2/c15-11-5-6-16-13-12(11)18(8-17-13)7-9-1-3-10(4-2-9)14(19)20;15-11-5-6-16-13-12(11)17-8-18(13)7-9-1-3-10(4-2-9)14(19)20/h2*1-6,8,19-20H,7H2. The molecule has 0 aliphatic rings. The third kappa shape index (κ3) is 6.18. The van der Waals surface area contributed by atoms with Crippen LogP contribution in [-0.4, -0.2) is 63.4 Å². The molecule has 6 rings (SSSR count). The van der Waals surface area contributed by atoms with E-state index in [0.717, 1.165) is 22.3 Å². The van der Waals surface area contributed by atoms with E-state index in [-0.39, 0.29) is 0 Å². The summed E-state index contributed by atoms with van der Waals surface area (Å²) in [6.07, 6.45) is 6.66. The molecule has 0 aliphatic heterocycles. The summed E-state index contributed by atoms with van der Waals surface area (Å²) in [4.78, 5) is 16.9. The van der Waals surface area contributed by atoms with Crippen molar-refractivity contribution in [2.75, 3.05) is 0 Å². The second-order valence-corrected chi connectivity index (χ2v) is 9.72. The molecule has 4 N–H and O–H groups in total. The van der Waals surface area contributed by atoms with Crippen LogP contribution in [0, 0.1) is 0 Å². The molecule has 2 aromatic carbocycles. The second-order valence-electron chi connectivity index (χ2n) is 8.91. The Morgan fingerprint density at radius 1 is 0.600 bits per heavy atom. The lowest BCUT2D eigenvalue weighted by atomic mass is 9.80. The largest absolute Gasteiger partial charge is 0.488 e. The molecule has 0 fully saturated rings. The maximum Gasteiger partial charge on any atom is 0.488 e. The van der Waals surface area contributed by atoms with Gasteiger partial charge in [-0.05, 0) is 34.2 Å². The number of pyridine rings is 2. The Hall–Kier alpha value is -3.77. The van der Waals surface area contributed by atoms with Gasteiger partial charge in [0.2, 0.25) is 0 Å². The average molecular weight is 575 g/mol. The van der Waals surface area contributed by atoms with E-state index in [4.69, 9.17) is 43.3 Å². The van der Waals surface area contributed by atoms with Crippen molar-refractivity contribution in [3.63, 3.8) is 0 Å². The number of rotatable bonds is 6. The third-order valence-corrected chi connectivity index (χ3v) is 6.79. The Morgan fingerprint density at radius 3 is 1.73 bits per heavy atom. The van der Waals surface area contributed by atoms with E-state index in [1.807, 2.05) is 33.4 Å². The molecule has 0 bridgehead atoms. The van der Waals surface area contributed by atoms with Crippen LogP contribution in [0.1, 0.15) is 11.1 Å². The van der Waals surface area contributed by atoms with Gasteiger partial charge in [-0.3, -0.25) is 0 Å². The van der Waals surface area contributed by atoms with Crippen molar-refractivity contribution >= 4 is 70.7 Å². The van der Waals surface area contributed by atoms with E-state index in [9.17, 15) is 0 Å². The Balaban J connectivity index is 0.000000161. The smallest absolute Gasteiger partial charge is 0.423 e. The first-order valence-corrected chi connectivity index (χ1v) is 12.9. The molecule has 0 atom stereocenters. The maximum atomic E-state index is 9.06. The minimum absolute atomic E-state index is 0.462. The molecule has 200 valence electrons. The van der Waals surface area contributed by atoms with Gasteiger partial charge >= 0.3 is 14.2 Å². The Bertz CT molecular complexity index is 1740. The molecule has 4 aromatic heterocycles. The van der Waals surface area contributed by atoms with Gasteiger partial charge in [0.05, 0.1) is 29.2 Å². The number of hydrogen-bond acceptors (Lipinski definition) is 8. The highest BCUT2D eigenvalue weighted by molar-refractivity contribution is 6.58. The molecule has 14 heteroatoms. The Labute approximate surface area is 239 Å². The average Bonchev–Trinajstić information content (AvgIpc) is 3.55. The summed E-state index contributed by atoms with van der Waals surface area (Å²) < 4.78 is 3.81. The third-order valence-electron chi connectivity index (χ3n) is 6.18. The molecule has 40 heavy (non-hydrogen) atoms. The zero-order valence-electron chi connectivity index (χ0n) is 20.9. The van der Waals surface area contributed by atoms with Crippen LogP contribution in [0.5, 0.6) is 0 Å². The molecule has 6 aromatic rings. The van der Waals surface area contributed by atoms with E-state index < -0.39 is 14.2 Å². The molecule has 4 heterocycles. The molecule has 0 saturated heterocycles. The summed E-state index contributed by atoms with van der Waals surface area (Å²) in [5.41, 5.74) is 5.75. The fraction of sp³-hybridized carbons (Fsp3) is 0.0769. The van der Waals surface area contributed by atoms with Crippen LogP contribution in [0.25, 0.3) is 22.3 Å². The molecule has 0 unspecified atom stereocenters. The van der Waals surface area contributed by atoms with Crippen LogP contribution in [0.15, 0.2) is 85.7 Å².